The zero-order valence-electron chi connectivity index (χ0n) is 12.7. The van der Waals surface area contributed by atoms with Crippen LogP contribution in [0.4, 0.5) is 5.69 Å². The summed E-state index contributed by atoms with van der Waals surface area (Å²) in [6.45, 7) is 1.36. The van der Waals surface area contributed by atoms with Crippen LogP contribution in [-0.4, -0.2) is 34.4 Å². The third-order valence-electron chi connectivity index (χ3n) is 3.90. The molecule has 2 aromatic rings. The molecular weight excluding hydrogens is 330 g/mol. The van der Waals surface area contributed by atoms with Crippen molar-refractivity contribution in [3.63, 3.8) is 0 Å². The van der Waals surface area contributed by atoms with Gasteiger partial charge in [0.2, 0.25) is 5.91 Å². The van der Waals surface area contributed by atoms with Gasteiger partial charge in [0.05, 0.1) is 5.92 Å². The molecule has 1 unspecified atom stereocenters. The third kappa shape index (κ3) is 2.84. The van der Waals surface area contributed by atoms with Crippen LogP contribution >= 0.6 is 11.8 Å². The lowest BCUT2D eigenvalue weighted by molar-refractivity contribution is -0.119. The standard InChI is InChI=1S/C16H15N3O4S/c20-14-3-4-17-16-19(14)8-10(9-24-16)15(21)18-11-1-2-12-13(7-11)23-6-5-22-12/h1-4,7,10H,5-6,8-9H2,(H,18,21). The van der Waals surface area contributed by atoms with E-state index in [2.05, 4.69) is 10.3 Å². The highest BCUT2D eigenvalue weighted by Crippen LogP contribution is 2.33. The number of carbonyl (C=O) groups is 1. The Kier molecular flexibility index (Phi) is 3.89. The van der Waals surface area contributed by atoms with Crippen molar-refractivity contribution < 1.29 is 14.3 Å². The Morgan fingerprint density at radius 1 is 1.25 bits per heavy atom. The molecule has 124 valence electrons. The lowest BCUT2D eigenvalue weighted by Crippen LogP contribution is -2.36. The SMILES string of the molecule is O=C(Nc1ccc2c(c1)OCCO2)C1CSc2nccc(=O)n2C1. The molecule has 4 rings (SSSR count). The van der Waals surface area contributed by atoms with E-state index in [0.717, 1.165) is 0 Å². The van der Waals surface area contributed by atoms with Crippen LogP contribution in [0.5, 0.6) is 11.5 Å². The number of nitrogens with one attached hydrogen (secondary N) is 1. The fourth-order valence-electron chi connectivity index (χ4n) is 2.67. The van der Waals surface area contributed by atoms with Gasteiger partial charge < -0.3 is 14.8 Å². The fraction of sp³-hybridized carbons (Fsp3) is 0.312. The second-order valence-corrected chi connectivity index (χ2v) is 6.52. The highest BCUT2D eigenvalue weighted by atomic mass is 32.2. The van der Waals surface area contributed by atoms with Gasteiger partial charge in [0.15, 0.2) is 16.7 Å². The molecule has 1 aromatic carbocycles. The summed E-state index contributed by atoms with van der Waals surface area (Å²) in [5.74, 6) is 1.48. The monoisotopic (exact) mass is 345 g/mol. The first-order valence-electron chi connectivity index (χ1n) is 7.60. The Balaban J connectivity index is 1.49. The highest BCUT2D eigenvalue weighted by Gasteiger charge is 2.26. The maximum Gasteiger partial charge on any atom is 0.254 e. The van der Waals surface area contributed by atoms with E-state index in [0.29, 0.717) is 47.9 Å². The first-order valence-corrected chi connectivity index (χ1v) is 8.58. The van der Waals surface area contributed by atoms with E-state index < -0.39 is 0 Å². The number of benzene rings is 1. The van der Waals surface area contributed by atoms with Gasteiger partial charge in [-0.25, -0.2) is 4.98 Å². The zero-order valence-corrected chi connectivity index (χ0v) is 13.5. The molecule has 2 aliphatic rings. The topological polar surface area (TPSA) is 82.5 Å². The number of rotatable bonds is 2. The van der Waals surface area contributed by atoms with Gasteiger partial charge in [-0.3, -0.25) is 14.2 Å². The highest BCUT2D eigenvalue weighted by molar-refractivity contribution is 7.99. The molecule has 0 saturated heterocycles. The fourth-order valence-corrected chi connectivity index (χ4v) is 3.74. The maximum atomic E-state index is 12.5. The van der Waals surface area contributed by atoms with Crippen LogP contribution in [0, 0.1) is 5.92 Å². The lowest BCUT2D eigenvalue weighted by atomic mass is 10.1. The minimum Gasteiger partial charge on any atom is -0.486 e. The van der Waals surface area contributed by atoms with Gasteiger partial charge in [-0.05, 0) is 12.1 Å². The van der Waals surface area contributed by atoms with Gasteiger partial charge in [0.1, 0.15) is 13.2 Å². The lowest BCUT2D eigenvalue weighted by Gasteiger charge is -2.24. The van der Waals surface area contributed by atoms with Crippen molar-refractivity contribution in [2.75, 3.05) is 24.3 Å². The molecule has 1 atom stereocenters. The summed E-state index contributed by atoms with van der Waals surface area (Å²) in [5, 5.41) is 3.55. The molecule has 1 N–H and O–H groups in total. The minimum atomic E-state index is -0.294. The van der Waals surface area contributed by atoms with Crippen LogP contribution < -0.4 is 20.3 Å². The predicted octanol–water partition coefficient (Wildman–Crippen LogP) is 1.38. The van der Waals surface area contributed by atoms with Gasteiger partial charge in [0.25, 0.3) is 5.56 Å². The molecule has 2 aliphatic heterocycles. The van der Waals surface area contributed by atoms with Gasteiger partial charge in [-0.15, -0.1) is 0 Å². The molecular formula is C16H15N3O4S. The molecule has 1 aromatic heterocycles. The number of nitrogens with zero attached hydrogens (tertiary/aromatic N) is 2. The van der Waals surface area contributed by atoms with E-state index in [1.54, 1.807) is 22.8 Å². The summed E-state index contributed by atoms with van der Waals surface area (Å²) in [6.07, 6.45) is 1.50. The molecule has 0 saturated carbocycles. The van der Waals surface area contributed by atoms with E-state index >= 15 is 0 Å². The first-order chi connectivity index (χ1) is 11.7. The van der Waals surface area contributed by atoms with Crippen LogP contribution in [0.3, 0.4) is 0 Å². The number of aromatic nitrogens is 2. The molecule has 0 fully saturated rings. The molecule has 8 heteroatoms. The maximum absolute atomic E-state index is 12.5. The zero-order chi connectivity index (χ0) is 16.5. The molecule has 0 bridgehead atoms. The van der Waals surface area contributed by atoms with E-state index in [1.165, 1.54) is 24.0 Å². The summed E-state index contributed by atoms with van der Waals surface area (Å²) in [5.41, 5.74) is 0.517. The minimum absolute atomic E-state index is 0.124. The number of amides is 1. The number of carbonyl (C=O) groups excluding carboxylic acids is 1. The molecule has 0 radical (unpaired) electrons. The Labute approximate surface area is 142 Å². The summed E-state index contributed by atoms with van der Waals surface area (Å²) >= 11 is 1.42. The second kappa shape index (κ2) is 6.20. The number of anilines is 1. The molecule has 0 spiro atoms. The van der Waals surface area contributed by atoms with E-state index in [9.17, 15) is 9.59 Å². The number of hydrogen-bond donors (Lipinski definition) is 1. The van der Waals surface area contributed by atoms with Crippen molar-refractivity contribution >= 4 is 23.4 Å². The van der Waals surface area contributed by atoms with E-state index in [1.807, 2.05) is 0 Å². The van der Waals surface area contributed by atoms with Gasteiger partial charge in [0, 0.05) is 36.3 Å². The number of ether oxygens (including phenoxy) is 2. The van der Waals surface area contributed by atoms with Crippen LogP contribution in [0.2, 0.25) is 0 Å². The second-order valence-electron chi connectivity index (χ2n) is 5.53. The van der Waals surface area contributed by atoms with Crippen LogP contribution in [0.15, 0.2) is 40.4 Å². The predicted molar refractivity (Wildman–Crippen MR) is 88.8 cm³/mol. The van der Waals surface area contributed by atoms with Gasteiger partial charge >= 0.3 is 0 Å². The van der Waals surface area contributed by atoms with Crippen LogP contribution in [0.1, 0.15) is 0 Å². The van der Waals surface area contributed by atoms with Crippen molar-refractivity contribution in [1.82, 2.24) is 9.55 Å². The number of fused-ring (bicyclic) bond motifs is 2. The Morgan fingerprint density at radius 3 is 2.96 bits per heavy atom. The average Bonchev–Trinajstić information content (AvgIpc) is 2.62. The van der Waals surface area contributed by atoms with E-state index in [4.69, 9.17) is 9.47 Å². The van der Waals surface area contributed by atoms with Gasteiger partial charge in [-0.1, -0.05) is 11.8 Å². The normalized spacial score (nSPS) is 18.6. The molecule has 0 aliphatic carbocycles. The van der Waals surface area contributed by atoms with Crippen molar-refractivity contribution in [3.05, 3.63) is 40.8 Å². The van der Waals surface area contributed by atoms with Crippen molar-refractivity contribution in [2.24, 2.45) is 5.92 Å². The molecule has 7 nitrogen and oxygen atoms in total. The number of hydrogen-bond acceptors (Lipinski definition) is 6. The quantitative estimate of drug-likeness (QED) is 0.828. The Bertz CT molecular complexity index is 851. The van der Waals surface area contributed by atoms with Crippen molar-refractivity contribution in [1.29, 1.82) is 0 Å². The summed E-state index contributed by atoms with van der Waals surface area (Å²) in [7, 11) is 0. The molecule has 3 heterocycles. The average molecular weight is 345 g/mol. The Morgan fingerprint density at radius 2 is 2.08 bits per heavy atom. The van der Waals surface area contributed by atoms with Gasteiger partial charge in [-0.2, -0.15) is 0 Å². The molecule has 24 heavy (non-hydrogen) atoms. The summed E-state index contributed by atoms with van der Waals surface area (Å²) in [6, 6.07) is 6.72. The van der Waals surface area contributed by atoms with Crippen LogP contribution in [0.25, 0.3) is 0 Å². The smallest absolute Gasteiger partial charge is 0.254 e. The molecule has 1 amide bonds. The number of thioether (sulfide) groups is 1. The van der Waals surface area contributed by atoms with E-state index in [-0.39, 0.29) is 17.4 Å². The largest absolute Gasteiger partial charge is 0.486 e. The van der Waals surface area contributed by atoms with Crippen molar-refractivity contribution in [3.8, 4) is 11.5 Å². The summed E-state index contributed by atoms with van der Waals surface area (Å²) < 4.78 is 12.5. The van der Waals surface area contributed by atoms with Crippen LogP contribution in [-0.2, 0) is 11.3 Å². The third-order valence-corrected chi connectivity index (χ3v) is 5.05. The Hall–Kier alpha value is -2.48. The summed E-state index contributed by atoms with van der Waals surface area (Å²) in [4.78, 5) is 28.6. The first kappa shape index (κ1) is 15.1. The van der Waals surface area contributed by atoms with Crippen molar-refractivity contribution in [2.45, 2.75) is 11.7 Å².